The maximum Gasteiger partial charge on any atom is 0.270 e. The highest BCUT2D eigenvalue weighted by Crippen LogP contribution is 2.40. The second-order valence-electron chi connectivity index (χ2n) is 5.18. The minimum absolute atomic E-state index is 0.153. The Balaban J connectivity index is 1.65. The monoisotopic (exact) mass is 303 g/mol. The van der Waals surface area contributed by atoms with Crippen molar-refractivity contribution < 1.29 is 9.32 Å². The van der Waals surface area contributed by atoms with E-state index in [1.165, 1.54) is 17.7 Å². The molecule has 0 bridgehead atoms. The summed E-state index contributed by atoms with van der Waals surface area (Å²) < 4.78 is 6.61. The molecule has 21 heavy (non-hydrogen) atoms. The molecule has 3 aromatic rings. The highest BCUT2D eigenvalue weighted by molar-refractivity contribution is 7.15. The van der Waals surface area contributed by atoms with Crippen LogP contribution in [-0.4, -0.2) is 25.4 Å². The molecule has 0 spiro atoms. The summed E-state index contributed by atoms with van der Waals surface area (Å²) in [4.78, 5) is 21.9. The van der Waals surface area contributed by atoms with Crippen LogP contribution in [0.2, 0.25) is 0 Å². The van der Waals surface area contributed by atoms with Gasteiger partial charge in [0.25, 0.3) is 5.91 Å². The van der Waals surface area contributed by atoms with E-state index in [0.29, 0.717) is 17.4 Å². The summed E-state index contributed by atoms with van der Waals surface area (Å²) in [6.45, 7) is 1.84. The van der Waals surface area contributed by atoms with Crippen LogP contribution in [0, 0.1) is 12.8 Å². The molecular weight excluding hydrogens is 290 g/mol. The van der Waals surface area contributed by atoms with Gasteiger partial charge in [-0.3, -0.25) is 9.20 Å². The first-order valence-corrected chi connectivity index (χ1v) is 7.61. The average molecular weight is 303 g/mol. The molecule has 7 nitrogen and oxygen atoms in total. The van der Waals surface area contributed by atoms with Crippen molar-refractivity contribution in [3.05, 3.63) is 35.2 Å². The lowest BCUT2D eigenvalue weighted by Crippen LogP contribution is -2.31. The van der Waals surface area contributed by atoms with Crippen LogP contribution in [0.4, 0.5) is 0 Å². The molecule has 1 amide bonds. The molecule has 1 unspecified atom stereocenters. The number of thiazole rings is 1. The van der Waals surface area contributed by atoms with Gasteiger partial charge in [-0.05, 0) is 25.7 Å². The Morgan fingerprint density at radius 1 is 1.57 bits per heavy atom. The SMILES string of the molecule is Cc1nc2sccn2c1C(=O)NC(c1ncon1)C1CC1. The molecule has 0 radical (unpaired) electrons. The van der Waals surface area contributed by atoms with E-state index in [4.69, 9.17) is 4.52 Å². The number of fused-ring (bicyclic) bond motifs is 1. The van der Waals surface area contributed by atoms with Crippen molar-refractivity contribution >= 4 is 22.2 Å². The van der Waals surface area contributed by atoms with Crippen LogP contribution in [0.3, 0.4) is 0 Å². The summed E-state index contributed by atoms with van der Waals surface area (Å²) in [5.41, 5.74) is 1.29. The van der Waals surface area contributed by atoms with Crippen LogP contribution >= 0.6 is 11.3 Å². The molecule has 1 atom stereocenters. The van der Waals surface area contributed by atoms with Crippen LogP contribution in [-0.2, 0) is 0 Å². The van der Waals surface area contributed by atoms with Crippen molar-refractivity contribution in [2.75, 3.05) is 0 Å². The number of nitrogens with one attached hydrogen (secondary N) is 1. The highest BCUT2D eigenvalue weighted by Gasteiger charge is 2.37. The van der Waals surface area contributed by atoms with E-state index in [1.807, 2.05) is 22.9 Å². The number of carbonyl (C=O) groups is 1. The Labute approximate surface area is 124 Å². The van der Waals surface area contributed by atoms with E-state index in [1.54, 1.807) is 0 Å². The highest BCUT2D eigenvalue weighted by atomic mass is 32.1. The van der Waals surface area contributed by atoms with Crippen molar-refractivity contribution in [3.63, 3.8) is 0 Å². The van der Waals surface area contributed by atoms with Gasteiger partial charge in [-0.15, -0.1) is 11.3 Å². The number of nitrogens with zero attached hydrogens (tertiary/aromatic N) is 4. The second kappa shape index (κ2) is 4.66. The Hall–Kier alpha value is -2.22. The lowest BCUT2D eigenvalue weighted by molar-refractivity contribution is 0.0922. The smallest absolute Gasteiger partial charge is 0.270 e. The van der Waals surface area contributed by atoms with Gasteiger partial charge in [0.05, 0.1) is 11.7 Å². The van der Waals surface area contributed by atoms with Gasteiger partial charge in [-0.1, -0.05) is 5.16 Å². The quantitative estimate of drug-likeness (QED) is 0.796. The molecule has 1 N–H and O–H groups in total. The zero-order valence-corrected chi connectivity index (χ0v) is 12.1. The topological polar surface area (TPSA) is 85.3 Å². The van der Waals surface area contributed by atoms with Crippen molar-refractivity contribution in [1.82, 2.24) is 24.8 Å². The van der Waals surface area contributed by atoms with E-state index >= 15 is 0 Å². The number of hydrogen-bond acceptors (Lipinski definition) is 6. The molecule has 3 heterocycles. The third kappa shape index (κ3) is 2.11. The fraction of sp³-hybridized carbons (Fsp3) is 0.385. The molecule has 0 saturated heterocycles. The van der Waals surface area contributed by atoms with Gasteiger partial charge < -0.3 is 9.84 Å². The molecule has 1 saturated carbocycles. The minimum Gasteiger partial charge on any atom is -0.343 e. The lowest BCUT2D eigenvalue weighted by atomic mass is 10.1. The van der Waals surface area contributed by atoms with Crippen molar-refractivity contribution in [3.8, 4) is 0 Å². The van der Waals surface area contributed by atoms with Crippen molar-refractivity contribution in [2.24, 2.45) is 5.92 Å². The van der Waals surface area contributed by atoms with E-state index in [0.717, 1.165) is 23.5 Å². The van der Waals surface area contributed by atoms with E-state index in [9.17, 15) is 4.79 Å². The fourth-order valence-electron chi connectivity index (χ4n) is 2.52. The van der Waals surface area contributed by atoms with Gasteiger partial charge in [0.2, 0.25) is 6.39 Å². The average Bonchev–Trinajstić information content (AvgIpc) is 2.86. The molecule has 0 aromatic carbocycles. The zero-order chi connectivity index (χ0) is 14.4. The molecule has 1 aliphatic carbocycles. The Kier molecular flexibility index (Phi) is 2.78. The first-order valence-electron chi connectivity index (χ1n) is 6.73. The summed E-state index contributed by atoms with van der Waals surface area (Å²) >= 11 is 1.51. The first kappa shape index (κ1) is 12.5. The third-order valence-electron chi connectivity index (χ3n) is 3.69. The van der Waals surface area contributed by atoms with Gasteiger partial charge in [0, 0.05) is 11.6 Å². The maximum absolute atomic E-state index is 12.6. The lowest BCUT2D eigenvalue weighted by Gasteiger charge is -2.14. The summed E-state index contributed by atoms with van der Waals surface area (Å²) in [5.74, 6) is 0.771. The Morgan fingerprint density at radius 2 is 2.43 bits per heavy atom. The van der Waals surface area contributed by atoms with Gasteiger partial charge in [0.1, 0.15) is 5.69 Å². The van der Waals surface area contributed by atoms with Crippen LogP contribution in [0.1, 0.15) is 40.9 Å². The first-order chi connectivity index (χ1) is 10.2. The molecule has 108 valence electrons. The molecule has 1 aliphatic rings. The zero-order valence-electron chi connectivity index (χ0n) is 11.3. The fourth-order valence-corrected chi connectivity index (χ4v) is 3.28. The van der Waals surface area contributed by atoms with E-state index < -0.39 is 0 Å². The van der Waals surface area contributed by atoms with E-state index in [2.05, 4.69) is 20.4 Å². The normalized spacial score (nSPS) is 16.2. The number of imidazole rings is 1. The van der Waals surface area contributed by atoms with Gasteiger partial charge >= 0.3 is 0 Å². The maximum atomic E-state index is 12.6. The van der Waals surface area contributed by atoms with Gasteiger partial charge in [0.15, 0.2) is 10.8 Å². The number of aromatic nitrogens is 4. The number of rotatable bonds is 4. The molecule has 4 rings (SSSR count). The Bertz CT molecular complexity index is 787. The summed E-state index contributed by atoms with van der Waals surface area (Å²) in [5, 5.41) is 8.80. The number of hydrogen-bond donors (Lipinski definition) is 1. The molecule has 8 heteroatoms. The minimum atomic E-state index is -0.195. The van der Waals surface area contributed by atoms with Crippen molar-refractivity contribution in [2.45, 2.75) is 25.8 Å². The number of carbonyl (C=O) groups excluding carboxylic acids is 1. The number of amides is 1. The summed E-state index contributed by atoms with van der Waals surface area (Å²) in [6.07, 6.45) is 5.28. The second-order valence-corrected chi connectivity index (χ2v) is 6.05. The van der Waals surface area contributed by atoms with Gasteiger partial charge in [-0.2, -0.15) is 4.98 Å². The summed E-state index contributed by atoms with van der Waals surface area (Å²) in [7, 11) is 0. The predicted octanol–water partition coefficient (Wildman–Crippen LogP) is 1.97. The van der Waals surface area contributed by atoms with Crippen LogP contribution < -0.4 is 5.32 Å². The molecule has 0 aliphatic heterocycles. The van der Waals surface area contributed by atoms with E-state index in [-0.39, 0.29) is 11.9 Å². The number of aryl methyl sites for hydroxylation is 1. The standard InChI is InChI=1S/C13H13N5O2S/c1-7-10(18-4-5-21-13(18)15-7)12(19)16-9(8-2-3-8)11-14-6-20-17-11/h4-6,8-9H,2-3H2,1H3,(H,16,19). The van der Waals surface area contributed by atoms with Crippen molar-refractivity contribution in [1.29, 1.82) is 0 Å². The largest absolute Gasteiger partial charge is 0.343 e. The molecule has 3 aromatic heterocycles. The molecular formula is C13H13N5O2S. The van der Waals surface area contributed by atoms with Gasteiger partial charge in [-0.25, -0.2) is 4.98 Å². The third-order valence-corrected chi connectivity index (χ3v) is 4.44. The Morgan fingerprint density at radius 3 is 3.14 bits per heavy atom. The molecule has 1 fully saturated rings. The summed E-state index contributed by atoms with van der Waals surface area (Å²) in [6, 6.07) is -0.195. The van der Waals surface area contributed by atoms with Crippen LogP contribution in [0.25, 0.3) is 4.96 Å². The van der Waals surface area contributed by atoms with Crippen LogP contribution in [0.5, 0.6) is 0 Å². The predicted molar refractivity (Wildman–Crippen MR) is 75.0 cm³/mol. The van der Waals surface area contributed by atoms with Crippen LogP contribution in [0.15, 0.2) is 22.5 Å².